The van der Waals surface area contributed by atoms with Gasteiger partial charge in [0.2, 0.25) is 0 Å². The van der Waals surface area contributed by atoms with Crippen LogP contribution < -0.4 is 0 Å². The Labute approximate surface area is 338 Å². The van der Waals surface area contributed by atoms with Crippen molar-refractivity contribution in [3.63, 3.8) is 0 Å². The maximum absolute atomic E-state index is 8.24. The summed E-state index contributed by atoms with van der Waals surface area (Å²) in [5.74, 6) is 0. The van der Waals surface area contributed by atoms with Gasteiger partial charge in [-0.2, -0.15) is 84.9 Å². The zero-order valence-corrected chi connectivity index (χ0v) is 33.7. The molecule has 6 rings (SSSR count). The van der Waals surface area contributed by atoms with Gasteiger partial charge in [-0.25, -0.2) is 12.1 Å². The average Bonchev–Trinajstić information content (AvgIpc) is 3.95. The molecule has 280 valence electrons. The van der Waals surface area contributed by atoms with E-state index in [4.69, 9.17) is 19.8 Å². The Morgan fingerprint density at radius 1 is 0.509 bits per heavy atom. The van der Waals surface area contributed by atoms with Crippen molar-refractivity contribution in [3.8, 4) is 0 Å². The van der Waals surface area contributed by atoms with Crippen molar-refractivity contribution in [1.29, 1.82) is 0 Å². The number of thiophene rings is 2. The van der Waals surface area contributed by atoms with Gasteiger partial charge in [-0.05, 0) is 0 Å². The van der Waals surface area contributed by atoms with E-state index in [-0.39, 0.29) is 19.5 Å². The van der Waals surface area contributed by atoms with E-state index in [0.717, 1.165) is 0 Å². The molecule has 6 heterocycles. The van der Waals surface area contributed by atoms with E-state index in [2.05, 4.69) is 81.5 Å². The van der Waals surface area contributed by atoms with E-state index in [1.54, 1.807) is 71.7 Å². The minimum atomic E-state index is 0. The van der Waals surface area contributed by atoms with Crippen LogP contribution in [0, 0.1) is 35.5 Å². The van der Waals surface area contributed by atoms with Crippen molar-refractivity contribution < 1.29 is 39.3 Å². The summed E-state index contributed by atoms with van der Waals surface area (Å²) < 4.78 is 0. The second-order valence-corrected chi connectivity index (χ2v) is 11.6. The van der Waals surface area contributed by atoms with Crippen LogP contribution in [0.4, 0.5) is 0 Å². The van der Waals surface area contributed by atoms with E-state index in [0.29, 0.717) is 12.9 Å². The second kappa shape index (κ2) is 49.7. The second-order valence-electron chi connectivity index (χ2n) is 9.68. The van der Waals surface area contributed by atoms with Gasteiger partial charge in [-0.15, -0.1) is 20.5 Å². The standard InChI is InChI=1S/2C10H15S.4C5H4N.2CHO2.Ru/c2*1-2-3-4-5-7-10-8-6-9-11-10;4*1-2-4-6-5-3-1;2*2-1-3;/h2*6,8H,2-5,7H2,1H3;4*1-4H;2*(H,2,3);/q8*-1;+8. The van der Waals surface area contributed by atoms with E-state index < -0.39 is 0 Å². The van der Waals surface area contributed by atoms with Crippen molar-refractivity contribution >= 4 is 35.6 Å². The maximum atomic E-state index is 8.24. The Hall–Kier alpha value is -4.44. The zero-order valence-electron chi connectivity index (χ0n) is 30.3. The molecule has 0 amide bonds. The van der Waals surface area contributed by atoms with Gasteiger partial charge in [-0.1, -0.05) is 141 Å². The van der Waals surface area contributed by atoms with Gasteiger partial charge >= 0.3 is 19.5 Å². The van der Waals surface area contributed by atoms with Gasteiger partial charge in [0.1, 0.15) is 0 Å². The summed E-state index contributed by atoms with van der Waals surface area (Å²) >= 11 is 3.51. The van der Waals surface area contributed by atoms with E-state index in [1.165, 1.54) is 74.0 Å². The fourth-order valence-corrected chi connectivity index (χ4v) is 4.71. The topological polar surface area (TPSA) is 126 Å². The minimum absolute atomic E-state index is 0. The molecule has 0 spiro atoms. The van der Waals surface area contributed by atoms with Crippen LogP contribution in [0.5, 0.6) is 0 Å². The Balaban J connectivity index is -0.000000557. The molecule has 0 aromatic carbocycles. The number of aliphatic hydroxyl groups excluding tert-OH is 2. The van der Waals surface area contributed by atoms with E-state index in [9.17, 15) is 0 Å². The summed E-state index contributed by atoms with van der Waals surface area (Å²) in [6, 6.07) is 30.4. The first-order valence-corrected chi connectivity index (χ1v) is 18.3. The first kappa shape index (κ1) is 52.9. The van der Waals surface area contributed by atoms with Gasteiger partial charge in [-0.3, -0.25) is 0 Å². The summed E-state index contributed by atoms with van der Waals surface area (Å²) in [6.45, 7) is 5.50. The summed E-state index contributed by atoms with van der Waals surface area (Å²) in [7, 11) is 0. The van der Waals surface area contributed by atoms with Crippen LogP contribution in [0.15, 0.2) is 122 Å². The smallest absolute Gasteiger partial charge is 0.665 e. The Bertz CT molecular complexity index is 1130. The Morgan fingerprint density at radius 2 is 0.811 bits per heavy atom. The predicted octanol–water partition coefficient (Wildman–Crippen LogP) is 10.1. The zero-order chi connectivity index (χ0) is 38.3. The molecule has 0 radical (unpaired) electrons. The molecular formula is C42H48N4O4RuS2. The fourth-order valence-electron chi connectivity index (χ4n) is 3.37. The van der Waals surface area contributed by atoms with Crippen LogP contribution in [0.2, 0.25) is 0 Å². The van der Waals surface area contributed by atoms with Crippen LogP contribution in [-0.4, -0.2) is 43.1 Å². The van der Waals surface area contributed by atoms with Crippen molar-refractivity contribution in [3.05, 3.63) is 167 Å². The monoisotopic (exact) mass is 838 g/mol. The minimum Gasteiger partial charge on any atom is -0.665 e. The fraction of sp³-hybridized carbons (Fsp3) is 0.286. The third-order valence-electron chi connectivity index (χ3n) is 5.68. The molecule has 6 aromatic heterocycles. The molecule has 8 nitrogen and oxygen atoms in total. The number of hydrogen-bond acceptors (Lipinski definition) is 8. The van der Waals surface area contributed by atoms with Gasteiger partial charge in [0, 0.05) is 0 Å². The van der Waals surface area contributed by atoms with Crippen LogP contribution in [-0.2, 0) is 41.9 Å². The predicted molar refractivity (Wildman–Crippen MR) is 211 cm³/mol. The summed E-state index contributed by atoms with van der Waals surface area (Å²) in [4.78, 5) is 34.1. The van der Waals surface area contributed by atoms with Crippen molar-refractivity contribution in [2.24, 2.45) is 0 Å². The van der Waals surface area contributed by atoms with Crippen molar-refractivity contribution in [2.45, 2.75) is 78.1 Å². The number of hydrogen-bond donors (Lipinski definition) is 2. The summed E-state index contributed by atoms with van der Waals surface area (Å²) in [5, 5.41) is 19.8. The van der Waals surface area contributed by atoms with Gasteiger partial charge in [0.05, 0.1) is 0 Å². The average molecular weight is 838 g/mol. The van der Waals surface area contributed by atoms with Crippen LogP contribution in [0.1, 0.15) is 75.0 Å². The molecule has 11 heteroatoms. The van der Waals surface area contributed by atoms with Gasteiger partial charge < -0.3 is 62.4 Å². The molecular weight excluding hydrogens is 790 g/mol. The van der Waals surface area contributed by atoms with Crippen LogP contribution in [0.25, 0.3) is 0 Å². The molecule has 0 aliphatic carbocycles. The molecule has 0 aliphatic rings. The van der Waals surface area contributed by atoms with Gasteiger partial charge in [0.25, 0.3) is 0 Å². The number of aryl methyl sites for hydroxylation is 2. The largest absolute Gasteiger partial charge is 8.00 e. The molecule has 0 saturated heterocycles. The van der Waals surface area contributed by atoms with Gasteiger partial charge in [0.15, 0.2) is 0 Å². The number of pyridine rings is 4. The van der Waals surface area contributed by atoms with E-state index >= 15 is 0 Å². The molecule has 0 unspecified atom stereocenters. The number of rotatable bonds is 10. The number of nitrogens with zero attached hydrogens (tertiary/aromatic N) is 4. The molecule has 0 saturated carbocycles. The summed E-state index contributed by atoms with van der Waals surface area (Å²) in [5.41, 5.74) is 0. The Kier molecular flexibility index (Phi) is 49.6. The van der Waals surface area contributed by atoms with Crippen LogP contribution in [0.3, 0.4) is 0 Å². The van der Waals surface area contributed by atoms with E-state index in [1.807, 2.05) is 60.7 Å². The molecule has 0 atom stereocenters. The number of aromatic nitrogens is 4. The quantitative estimate of drug-likeness (QED) is 0.0794. The molecule has 6 aromatic rings. The third kappa shape index (κ3) is 47.6. The molecule has 0 aliphatic heterocycles. The maximum Gasteiger partial charge on any atom is 8.00 e. The van der Waals surface area contributed by atoms with Crippen molar-refractivity contribution in [2.75, 3.05) is 0 Å². The molecule has 53 heavy (non-hydrogen) atoms. The van der Waals surface area contributed by atoms with Crippen molar-refractivity contribution in [1.82, 2.24) is 19.9 Å². The third-order valence-corrected chi connectivity index (χ3v) is 7.39. The first-order valence-electron chi connectivity index (χ1n) is 16.7. The van der Waals surface area contributed by atoms with Crippen LogP contribution >= 0.6 is 22.7 Å². The summed E-state index contributed by atoms with van der Waals surface area (Å²) in [6.07, 6.45) is 30.8. The number of unbranched alkanes of at least 4 members (excludes halogenated alkanes) is 6. The SMILES string of the molecule is CCCCCCc1cc[c-]s1.CCCCCCc1cc[c-]s1.O=[C-]O.O=[C-]O.[Ru+8].[c-]1ccccn1.[c-]1ccccn1.[c-]1ccccn1.[c-]1ccccn1. The molecule has 0 bridgehead atoms. The Morgan fingerprint density at radius 3 is 0.962 bits per heavy atom. The molecule has 2 N–H and O–H groups in total. The molecule has 0 fully saturated rings. The normalized spacial score (nSPS) is 8.34. The first-order chi connectivity index (χ1) is 25.7.